The predicted octanol–water partition coefficient (Wildman–Crippen LogP) is 0.459. The molecule has 0 aromatic carbocycles. The van der Waals surface area contributed by atoms with Crippen molar-refractivity contribution in [2.45, 2.75) is 23.9 Å². The van der Waals surface area contributed by atoms with Gasteiger partial charge in [0.15, 0.2) is 0 Å². The minimum atomic E-state index is 0.386. The third kappa shape index (κ3) is 4.32. The van der Waals surface area contributed by atoms with Gasteiger partial charge >= 0.3 is 0 Å². The van der Waals surface area contributed by atoms with Gasteiger partial charge in [0.25, 0.3) is 0 Å². The summed E-state index contributed by atoms with van der Waals surface area (Å²) in [7, 11) is 2.68. The van der Waals surface area contributed by atoms with E-state index in [0.717, 1.165) is 13.1 Å². The number of thiol groups is 1. The first-order valence-electron chi connectivity index (χ1n) is 4.17. The van der Waals surface area contributed by atoms with Crippen molar-refractivity contribution >= 4 is 21.9 Å². The van der Waals surface area contributed by atoms with Crippen LogP contribution in [0.2, 0.25) is 0 Å². The first-order chi connectivity index (χ1) is 5.29. The summed E-state index contributed by atoms with van der Waals surface area (Å²) in [5.41, 5.74) is 0. The highest BCUT2D eigenvalue weighted by Crippen LogP contribution is 2.05. The quantitative estimate of drug-likeness (QED) is 0.447. The Bertz CT molecular complexity index is 105. The van der Waals surface area contributed by atoms with E-state index < -0.39 is 0 Å². The van der Waals surface area contributed by atoms with E-state index in [0.29, 0.717) is 11.0 Å². The molecule has 0 spiro atoms. The molecule has 0 aromatic heterocycles. The standard InChI is InChI=1S/C7H17N2PS/c10-7(11)5-9-6-2-1-3-8-4-6/h6-9,11H,1-5,10H2. The van der Waals surface area contributed by atoms with E-state index in [1.165, 1.54) is 19.4 Å². The van der Waals surface area contributed by atoms with Crippen LogP contribution in [0.15, 0.2) is 0 Å². The van der Waals surface area contributed by atoms with Crippen LogP contribution in [0.25, 0.3) is 0 Å². The van der Waals surface area contributed by atoms with Gasteiger partial charge in [-0.05, 0) is 19.4 Å². The summed E-state index contributed by atoms with van der Waals surface area (Å²) in [6, 6.07) is 0.666. The summed E-state index contributed by atoms with van der Waals surface area (Å²) in [6.45, 7) is 3.29. The van der Waals surface area contributed by atoms with Gasteiger partial charge in [0.2, 0.25) is 0 Å². The van der Waals surface area contributed by atoms with Crippen LogP contribution >= 0.6 is 21.9 Å². The molecule has 2 N–H and O–H groups in total. The maximum atomic E-state index is 4.28. The average molecular weight is 192 g/mol. The van der Waals surface area contributed by atoms with E-state index in [-0.39, 0.29) is 0 Å². The Hall–Kier alpha value is 0.700. The van der Waals surface area contributed by atoms with Gasteiger partial charge < -0.3 is 10.6 Å². The molecular weight excluding hydrogens is 175 g/mol. The van der Waals surface area contributed by atoms with Gasteiger partial charge in [-0.15, -0.1) is 9.24 Å². The van der Waals surface area contributed by atoms with Gasteiger partial charge in [0, 0.05) is 24.1 Å². The Kier molecular flexibility index (Phi) is 4.77. The van der Waals surface area contributed by atoms with E-state index in [4.69, 9.17) is 0 Å². The van der Waals surface area contributed by atoms with Crippen LogP contribution in [-0.4, -0.2) is 30.7 Å². The normalized spacial score (nSPS) is 28.4. The molecule has 3 atom stereocenters. The van der Waals surface area contributed by atoms with Crippen LogP contribution < -0.4 is 10.6 Å². The summed E-state index contributed by atoms with van der Waals surface area (Å²) in [5, 5.41) is 6.83. The molecule has 1 fully saturated rings. The molecule has 0 bridgehead atoms. The van der Waals surface area contributed by atoms with Gasteiger partial charge in [-0.2, -0.15) is 12.6 Å². The second-order valence-corrected chi connectivity index (χ2v) is 5.05. The van der Waals surface area contributed by atoms with Crippen molar-refractivity contribution in [3.05, 3.63) is 0 Å². The SMILES string of the molecule is PC(S)CNC1CCCNC1. The van der Waals surface area contributed by atoms with Gasteiger partial charge in [-0.1, -0.05) is 0 Å². The largest absolute Gasteiger partial charge is 0.315 e. The van der Waals surface area contributed by atoms with E-state index in [1.54, 1.807) is 0 Å². The van der Waals surface area contributed by atoms with Gasteiger partial charge in [0.05, 0.1) is 0 Å². The van der Waals surface area contributed by atoms with E-state index in [9.17, 15) is 0 Å². The highest BCUT2D eigenvalue weighted by atomic mass is 32.1. The monoisotopic (exact) mass is 192 g/mol. The van der Waals surface area contributed by atoms with Crippen molar-refractivity contribution in [3.8, 4) is 0 Å². The summed E-state index contributed by atoms with van der Waals surface area (Å²) < 4.78 is 0. The fourth-order valence-corrected chi connectivity index (χ4v) is 1.55. The zero-order valence-electron chi connectivity index (χ0n) is 6.71. The molecular formula is C7H17N2PS. The lowest BCUT2D eigenvalue weighted by atomic mass is 10.1. The number of piperidine rings is 1. The lowest BCUT2D eigenvalue weighted by molar-refractivity contribution is 0.396. The van der Waals surface area contributed by atoms with Crippen LogP contribution in [-0.2, 0) is 0 Å². The minimum Gasteiger partial charge on any atom is -0.315 e. The second kappa shape index (κ2) is 5.36. The number of rotatable bonds is 3. The van der Waals surface area contributed by atoms with Gasteiger partial charge in [-0.3, -0.25) is 0 Å². The van der Waals surface area contributed by atoms with Crippen molar-refractivity contribution in [2.24, 2.45) is 0 Å². The minimum absolute atomic E-state index is 0.386. The van der Waals surface area contributed by atoms with Crippen molar-refractivity contribution in [2.75, 3.05) is 19.6 Å². The molecule has 0 saturated carbocycles. The topological polar surface area (TPSA) is 24.1 Å². The Morgan fingerprint density at radius 3 is 3.09 bits per heavy atom. The third-order valence-corrected chi connectivity index (χ3v) is 2.33. The van der Waals surface area contributed by atoms with Crippen LogP contribution in [0.5, 0.6) is 0 Å². The highest BCUT2D eigenvalue weighted by molar-refractivity contribution is 7.85. The van der Waals surface area contributed by atoms with Crippen molar-refractivity contribution < 1.29 is 0 Å². The zero-order chi connectivity index (χ0) is 8.10. The molecule has 1 saturated heterocycles. The first kappa shape index (κ1) is 9.79. The van der Waals surface area contributed by atoms with Gasteiger partial charge in [-0.25, -0.2) is 0 Å². The number of hydrogen-bond donors (Lipinski definition) is 3. The lowest BCUT2D eigenvalue weighted by Gasteiger charge is -2.24. The fourth-order valence-electron chi connectivity index (χ4n) is 1.31. The summed E-state index contributed by atoms with van der Waals surface area (Å²) >= 11 is 4.28. The summed E-state index contributed by atoms with van der Waals surface area (Å²) in [6.07, 6.45) is 2.60. The van der Waals surface area contributed by atoms with E-state index in [1.807, 2.05) is 0 Å². The van der Waals surface area contributed by atoms with Crippen LogP contribution in [0.1, 0.15) is 12.8 Å². The molecule has 11 heavy (non-hydrogen) atoms. The molecule has 66 valence electrons. The van der Waals surface area contributed by atoms with Crippen molar-refractivity contribution in [3.63, 3.8) is 0 Å². The highest BCUT2D eigenvalue weighted by Gasteiger charge is 2.11. The smallest absolute Gasteiger partial charge is 0.0285 e. The maximum Gasteiger partial charge on any atom is 0.0285 e. The Morgan fingerprint density at radius 1 is 1.73 bits per heavy atom. The lowest BCUT2D eigenvalue weighted by Crippen LogP contribution is -2.44. The second-order valence-electron chi connectivity index (χ2n) is 3.02. The Balaban J connectivity index is 2.05. The van der Waals surface area contributed by atoms with Crippen molar-refractivity contribution in [1.82, 2.24) is 10.6 Å². The maximum absolute atomic E-state index is 4.28. The van der Waals surface area contributed by atoms with Crippen LogP contribution in [0.4, 0.5) is 0 Å². The molecule has 1 aliphatic heterocycles. The molecule has 1 rings (SSSR count). The zero-order valence-corrected chi connectivity index (χ0v) is 8.76. The Labute approximate surface area is 76.5 Å². The third-order valence-electron chi connectivity index (χ3n) is 1.91. The first-order valence-corrected chi connectivity index (χ1v) is 5.35. The predicted molar refractivity (Wildman–Crippen MR) is 56.4 cm³/mol. The molecule has 0 aliphatic carbocycles. The molecule has 1 aliphatic rings. The molecule has 2 nitrogen and oxygen atoms in total. The molecule has 3 unspecified atom stereocenters. The molecule has 4 heteroatoms. The number of nitrogens with one attached hydrogen (secondary N) is 2. The number of hydrogen-bond acceptors (Lipinski definition) is 3. The van der Waals surface area contributed by atoms with Crippen LogP contribution in [0, 0.1) is 0 Å². The summed E-state index contributed by atoms with van der Waals surface area (Å²) in [4.78, 5) is 0.386. The molecule has 0 radical (unpaired) electrons. The van der Waals surface area contributed by atoms with Gasteiger partial charge in [0.1, 0.15) is 0 Å². The molecule has 0 amide bonds. The average Bonchev–Trinajstić information content (AvgIpc) is 2.03. The Morgan fingerprint density at radius 2 is 2.55 bits per heavy atom. The molecule has 0 aromatic rings. The fraction of sp³-hybridized carbons (Fsp3) is 1.00. The van der Waals surface area contributed by atoms with E-state index in [2.05, 4.69) is 32.5 Å². The van der Waals surface area contributed by atoms with Crippen LogP contribution in [0.3, 0.4) is 0 Å². The van der Waals surface area contributed by atoms with Crippen molar-refractivity contribution in [1.29, 1.82) is 0 Å². The summed E-state index contributed by atoms with van der Waals surface area (Å²) in [5.74, 6) is 0. The molecule has 1 heterocycles. The van der Waals surface area contributed by atoms with E-state index >= 15 is 0 Å².